The molecule has 1 heterocycles. The van der Waals surface area contributed by atoms with Gasteiger partial charge in [0.25, 0.3) is 0 Å². The highest BCUT2D eigenvalue weighted by Crippen LogP contribution is 2.22. The third-order valence-corrected chi connectivity index (χ3v) is 2.02. The van der Waals surface area contributed by atoms with Crippen LogP contribution in [0.2, 0.25) is 0 Å². The van der Waals surface area contributed by atoms with Crippen LogP contribution >= 0.6 is 0 Å². The van der Waals surface area contributed by atoms with Crippen LogP contribution in [0.3, 0.4) is 0 Å². The normalized spacial score (nSPS) is 10.4. The van der Waals surface area contributed by atoms with Gasteiger partial charge in [-0.1, -0.05) is 0 Å². The molecule has 0 saturated heterocycles. The van der Waals surface area contributed by atoms with Crippen LogP contribution in [0.25, 0.3) is 11.5 Å². The SMILES string of the molecule is COC(=O)c1nnc(-c2cc(F)c(F)c(F)c2)o1. The monoisotopic (exact) mass is 258 g/mol. The van der Waals surface area contributed by atoms with E-state index in [9.17, 15) is 18.0 Å². The summed E-state index contributed by atoms with van der Waals surface area (Å²) in [6.07, 6.45) is 0. The molecule has 0 spiro atoms. The fourth-order valence-electron chi connectivity index (χ4n) is 1.19. The molecule has 0 saturated carbocycles. The first-order valence-corrected chi connectivity index (χ1v) is 4.59. The van der Waals surface area contributed by atoms with Crippen LogP contribution < -0.4 is 0 Å². The summed E-state index contributed by atoms with van der Waals surface area (Å²) in [5, 5.41) is 6.71. The van der Waals surface area contributed by atoms with Gasteiger partial charge >= 0.3 is 11.9 Å². The lowest BCUT2D eigenvalue weighted by atomic mass is 10.2. The third kappa shape index (κ3) is 2.04. The number of carbonyl (C=O) groups excluding carboxylic acids is 1. The number of methoxy groups -OCH3 is 1. The zero-order chi connectivity index (χ0) is 13.3. The van der Waals surface area contributed by atoms with Crippen molar-refractivity contribution in [2.24, 2.45) is 0 Å². The number of rotatable bonds is 2. The molecule has 2 aromatic rings. The fourth-order valence-corrected chi connectivity index (χ4v) is 1.19. The van der Waals surface area contributed by atoms with E-state index in [0.29, 0.717) is 12.1 Å². The maximum atomic E-state index is 13.0. The molecular weight excluding hydrogens is 253 g/mol. The van der Waals surface area contributed by atoms with Crippen molar-refractivity contribution in [3.63, 3.8) is 0 Å². The van der Waals surface area contributed by atoms with Crippen LogP contribution in [0, 0.1) is 17.5 Å². The Kier molecular flexibility index (Phi) is 3.00. The molecule has 0 aliphatic carbocycles. The molecule has 94 valence electrons. The van der Waals surface area contributed by atoms with Crippen molar-refractivity contribution in [2.75, 3.05) is 7.11 Å². The average Bonchev–Trinajstić information content (AvgIpc) is 2.84. The summed E-state index contributed by atoms with van der Waals surface area (Å²) in [5.74, 6) is -6.10. The summed E-state index contributed by atoms with van der Waals surface area (Å²) in [6, 6.07) is 1.35. The minimum absolute atomic E-state index is 0.186. The van der Waals surface area contributed by atoms with Gasteiger partial charge in [0.05, 0.1) is 7.11 Å². The predicted octanol–water partition coefficient (Wildman–Crippen LogP) is 1.94. The average molecular weight is 258 g/mol. The van der Waals surface area contributed by atoms with Crippen molar-refractivity contribution >= 4 is 5.97 Å². The standard InChI is InChI=1S/C10H5F3N2O3/c1-17-10(16)9-15-14-8(18-9)4-2-5(11)7(13)6(12)3-4/h2-3H,1H3. The zero-order valence-electron chi connectivity index (χ0n) is 8.91. The minimum Gasteiger partial charge on any atom is -0.462 e. The topological polar surface area (TPSA) is 65.2 Å². The molecule has 18 heavy (non-hydrogen) atoms. The lowest BCUT2D eigenvalue weighted by Gasteiger charge is -1.98. The smallest absolute Gasteiger partial charge is 0.396 e. The second-order valence-electron chi connectivity index (χ2n) is 3.16. The number of ether oxygens (including phenoxy) is 1. The van der Waals surface area contributed by atoms with Gasteiger partial charge in [0.1, 0.15) is 0 Å². The second kappa shape index (κ2) is 4.47. The number of halogens is 3. The Morgan fingerprint density at radius 1 is 1.22 bits per heavy atom. The maximum absolute atomic E-state index is 13.0. The first-order chi connectivity index (χ1) is 8.52. The molecule has 2 rings (SSSR count). The molecule has 0 N–H and O–H groups in total. The number of benzene rings is 1. The van der Waals surface area contributed by atoms with E-state index in [-0.39, 0.29) is 11.5 Å². The van der Waals surface area contributed by atoms with Crippen molar-refractivity contribution in [3.8, 4) is 11.5 Å². The largest absolute Gasteiger partial charge is 0.462 e. The maximum Gasteiger partial charge on any atom is 0.396 e. The molecule has 0 radical (unpaired) electrons. The van der Waals surface area contributed by atoms with Crippen molar-refractivity contribution in [1.82, 2.24) is 10.2 Å². The van der Waals surface area contributed by atoms with E-state index < -0.39 is 29.3 Å². The lowest BCUT2D eigenvalue weighted by Crippen LogP contribution is -2.00. The van der Waals surface area contributed by atoms with Crippen molar-refractivity contribution in [3.05, 3.63) is 35.5 Å². The number of carbonyl (C=O) groups is 1. The number of aromatic nitrogens is 2. The molecule has 0 unspecified atom stereocenters. The molecule has 0 aliphatic heterocycles. The first kappa shape index (κ1) is 12.1. The number of hydrogen-bond acceptors (Lipinski definition) is 5. The van der Waals surface area contributed by atoms with Crippen LogP contribution in [0.4, 0.5) is 13.2 Å². The van der Waals surface area contributed by atoms with Crippen LogP contribution in [0.1, 0.15) is 10.7 Å². The Bertz CT molecular complexity index is 589. The van der Waals surface area contributed by atoms with Gasteiger partial charge in [-0.3, -0.25) is 0 Å². The predicted molar refractivity (Wildman–Crippen MR) is 50.9 cm³/mol. The quantitative estimate of drug-likeness (QED) is 0.608. The van der Waals surface area contributed by atoms with Gasteiger partial charge in [-0.15, -0.1) is 10.2 Å². The summed E-state index contributed by atoms with van der Waals surface area (Å²) in [6.45, 7) is 0. The van der Waals surface area contributed by atoms with E-state index in [1.54, 1.807) is 0 Å². The lowest BCUT2D eigenvalue weighted by molar-refractivity contribution is 0.0556. The van der Waals surface area contributed by atoms with Crippen molar-refractivity contribution in [1.29, 1.82) is 0 Å². The van der Waals surface area contributed by atoms with Crippen molar-refractivity contribution < 1.29 is 27.1 Å². The number of hydrogen-bond donors (Lipinski definition) is 0. The summed E-state index contributed by atoms with van der Waals surface area (Å²) in [7, 11) is 1.10. The van der Waals surface area contributed by atoms with Crippen LogP contribution in [0.15, 0.2) is 16.5 Å². The van der Waals surface area contributed by atoms with Crippen LogP contribution in [-0.4, -0.2) is 23.3 Å². The summed E-state index contributed by atoms with van der Waals surface area (Å²) in [4.78, 5) is 11.0. The summed E-state index contributed by atoms with van der Waals surface area (Å²) in [5.41, 5.74) is -0.186. The first-order valence-electron chi connectivity index (χ1n) is 4.59. The number of nitrogens with zero attached hydrogens (tertiary/aromatic N) is 2. The molecular formula is C10H5F3N2O3. The van der Waals surface area contributed by atoms with Gasteiger partial charge in [-0.25, -0.2) is 18.0 Å². The van der Waals surface area contributed by atoms with E-state index >= 15 is 0 Å². The zero-order valence-corrected chi connectivity index (χ0v) is 8.91. The Balaban J connectivity index is 2.43. The minimum atomic E-state index is -1.61. The van der Waals surface area contributed by atoms with E-state index in [0.717, 1.165) is 7.11 Å². The van der Waals surface area contributed by atoms with Gasteiger partial charge in [0, 0.05) is 5.56 Å². The van der Waals surface area contributed by atoms with E-state index in [1.807, 2.05) is 0 Å². The van der Waals surface area contributed by atoms with Gasteiger partial charge in [-0.2, -0.15) is 0 Å². The molecule has 0 fully saturated rings. The third-order valence-electron chi connectivity index (χ3n) is 2.02. The van der Waals surface area contributed by atoms with Gasteiger partial charge in [0.2, 0.25) is 5.89 Å². The number of esters is 1. The summed E-state index contributed by atoms with van der Waals surface area (Å²) < 4.78 is 47.8. The molecule has 8 heteroatoms. The van der Waals surface area contributed by atoms with E-state index in [1.165, 1.54) is 0 Å². The molecule has 1 aromatic carbocycles. The van der Waals surface area contributed by atoms with Crippen molar-refractivity contribution in [2.45, 2.75) is 0 Å². The molecule has 0 atom stereocenters. The Morgan fingerprint density at radius 2 is 1.83 bits per heavy atom. The Hall–Kier alpha value is -2.38. The highest BCUT2D eigenvalue weighted by atomic mass is 19.2. The fraction of sp³-hybridized carbons (Fsp3) is 0.100. The highest BCUT2D eigenvalue weighted by molar-refractivity contribution is 5.84. The Labute approximate surface area is 98.2 Å². The molecule has 1 aromatic heterocycles. The van der Waals surface area contributed by atoms with Crippen LogP contribution in [0.5, 0.6) is 0 Å². The van der Waals surface area contributed by atoms with Gasteiger partial charge < -0.3 is 9.15 Å². The van der Waals surface area contributed by atoms with E-state index in [4.69, 9.17) is 4.42 Å². The molecule has 5 nitrogen and oxygen atoms in total. The van der Waals surface area contributed by atoms with Gasteiger partial charge in [-0.05, 0) is 12.1 Å². The summed E-state index contributed by atoms with van der Waals surface area (Å²) >= 11 is 0. The molecule has 0 aliphatic rings. The van der Waals surface area contributed by atoms with Gasteiger partial charge in [0.15, 0.2) is 17.5 Å². The van der Waals surface area contributed by atoms with Crippen LogP contribution in [-0.2, 0) is 4.74 Å². The molecule has 0 bridgehead atoms. The Morgan fingerprint density at radius 3 is 2.39 bits per heavy atom. The highest BCUT2D eigenvalue weighted by Gasteiger charge is 2.19. The molecule has 0 amide bonds. The van der Waals surface area contributed by atoms with E-state index in [2.05, 4.69) is 14.9 Å². The second-order valence-corrected chi connectivity index (χ2v) is 3.16.